The SMILES string of the molecule is N[C@@H]1c2ccnn2CC12CCN(c1cnc(Sc3ccnc(-n4cccn4)c3Cl)c3cncn13)CC2.O=C(O)C(F)(F)F. The fourth-order valence-electron chi connectivity index (χ4n) is 5.45. The van der Waals surface area contributed by atoms with E-state index in [0.717, 1.165) is 59.4 Å². The maximum atomic E-state index is 10.6. The van der Waals surface area contributed by atoms with Crippen LogP contribution in [-0.4, -0.2) is 69.3 Å². The maximum absolute atomic E-state index is 10.6. The molecule has 1 saturated heterocycles. The van der Waals surface area contributed by atoms with Crippen molar-refractivity contribution in [2.24, 2.45) is 11.1 Å². The molecule has 1 spiro atoms. The first-order chi connectivity index (χ1) is 20.6. The Morgan fingerprint density at radius 1 is 1.12 bits per heavy atom. The normalized spacial score (nSPS) is 17.6. The van der Waals surface area contributed by atoms with Gasteiger partial charge in [0.1, 0.15) is 17.2 Å². The van der Waals surface area contributed by atoms with Crippen molar-refractivity contribution in [3.05, 3.63) is 72.4 Å². The lowest BCUT2D eigenvalue weighted by Crippen LogP contribution is -2.45. The summed E-state index contributed by atoms with van der Waals surface area (Å²) in [6, 6.07) is 5.81. The Balaban J connectivity index is 0.000000423. The minimum absolute atomic E-state index is 0.0315. The molecule has 17 heteroatoms. The number of hydrogen-bond acceptors (Lipinski definition) is 9. The van der Waals surface area contributed by atoms with Gasteiger partial charge in [-0.1, -0.05) is 23.4 Å². The molecule has 2 aliphatic rings. The first-order valence-electron chi connectivity index (χ1n) is 13.0. The molecule has 0 radical (unpaired) electrons. The molecule has 0 saturated carbocycles. The molecule has 43 heavy (non-hydrogen) atoms. The predicted molar refractivity (Wildman–Crippen MR) is 150 cm³/mol. The lowest BCUT2D eigenvalue weighted by molar-refractivity contribution is -0.192. The third-order valence-electron chi connectivity index (χ3n) is 7.68. The average molecular weight is 633 g/mol. The molecule has 5 aromatic heterocycles. The molecule has 12 nitrogen and oxygen atoms in total. The lowest BCUT2D eigenvalue weighted by atomic mass is 9.73. The number of nitrogens with zero attached hydrogens (tertiary/aromatic N) is 9. The highest BCUT2D eigenvalue weighted by molar-refractivity contribution is 7.99. The summed E-state index contributed by atoms with van der Waals surface area (Å²) in [6.07, 6.45) is 9.65. The summed E-state index contributed by atoms with van der Waals surface area (Å²) in [7, 11) is 0. The lowest BCUT2D eigenvalue weighted by Gasteiger charge is -2.42. The van der Waals surface area contributed by atoms with E-state index < -0.39 is 12.1 Å². The predicted octanol–water partition coefficient (Wildman–Crippen LogP) is 4.24. The molecule has 7 rings (SSSR count). The van der Waals surface area contributed by atoms with E-state index in [9.17, 15) is 13.2 Å². The van der Waals surface area contributed by atoms with Crippen LogP contribution in [0.1, 0.15) is 24.6 Å². The molecular weight excluding hydrogens is 609 g/mol. The fraction of sp³-hybridized carbons (Fsp3) is 0.308. The monoisotopic (exact) mass is 632 g/mol. The van der Waals surface area contributed by atoms with Crippen LogP contribution >= 0.6 is 23.4 Å². The minimum Gasteiger partial charge on any atom is -0.475 e. The Bertz CT molecular complexity index is 1770. The van der Waals surface area contributed by atoms with Crippen molar-refractivity contribution >= 4 is 40.7 Å². The van der Waals surface area contributed by atoms with Crippen LogP contribution in [0.15, 0.2) is 71.6 Å². The van der Waals surface area contributed by atoms with E-state index >= 15 is 0 Å². The third-order valence-corrected chi connectivity index (χ3v) is 9.24. The van der Waals surface area contributed by atoms with Crippen LogP contribution in [0, 0.1) is 5.41 Å². The molecule has 0 bridgehead atoms. The van der Waals surface area contributed by atoms with Crippen LogP contribution < -0.4 is 10.6 Å². The van der Waals surface area contributed by atoms with Crippen molar-refractivity contribution in [3.63, 3.8) is 0 Å². The third kappa shape index (κ3) is 5.41. The molecule has 7 heterocycles. The van der Waals surface area contributed by atoms with Crippen LogP contribution in [-0.2, 0) is 11.3 Å². The Morgan fingerprint density at radius 3 is 2.56 bits per heavy atom. The number of carboxylic acids is 1. The van der Waals surface area contributed by atoms with Gasteiger partial charge in [0.25, 0.3) is 0 Å². The number of anilines is 1. The smallest absolute Gasteiger partial charge is 0.475 e. The minimum atomic E-state index is -5.08. The Kier molecular flexibility index (Phi) is 7.52. The standard InChI is InChI=1S/C24H23ClN10S.C2HF3O2/c25-20-18(3-7-28-22(20)34-9-1-6-30-34)36-23-17-12-27-15-33(17)19(13-29-23)32-10-4-24(5-11-32)14-35-16(21(24)26)2-8-31-35;3-2(4,5)1(6)7/h1-3,6-9,12-13,15,21H,4-5,10-11,14,26H2;(H,6,7)/t21-;/m1./s1. The van der Waals surface area contributed by atoms with Gasteiger partial charge in [-0.25, -0.2) is 24.4 Å². The second-order valence-electron chi connectivity index (χ2n) is 10.1. The molecule has 0 aromatic carbocycles. The molecule has 2 aliphatic heterocycles. The van der Waals surface area contributed by atoms with Crippen LogP contribution in [0.4, 0.5) is 19.0 Å². The van der Waals surface area contributed by atoms with Gasteiger partial charge in [0.05, 0.1) is 34.7 Å². The zero-order chi connectivity index (χ0) is 30.4. The van der Waals surface area contributed by atoms with Gasteiger partial charge in [0.15, 0.2) is 5.82 Å². The van der Waals surface area contributed by atoms with Crippen LogP contribution in [0.25, 0.3) is 11.3 Å². The van der Waals surface area contributed by atoms with E-state index in [1.165, 1.54) is 11.8 Å². The van der Waals surface area contributed by atoms with Gasteiger partial charge in [-0.15, -0.1) is 0 Å². The number of rotatable bonds is 4. The van der Waals surface area contributed by atoms with Crippen molar-refractivity contribution in [1.82, 2.24) is 38.9 Å². The van der Waals surface area contributed by atoms with Gasteiger partial charge in [-0.05, 0) is 31.0 Å². The van der Waals surface area contributed by atoms with Gasteiger partial charge in [0.2, 0.25) is 0 Å². The summed E-state index contributed by atoms with van der Waals surface area (Å²) >= 11 is 8.20. The van der Waals surface area contributed by atoms with E-state index in [-0.39, 0.29) is 11.5 Å². The molecule has 1 atom stereocenters. The molecule has 0 aliphatic carbocycles. The number of hydrogen-bond donors (Lipinski definition) is 2. The first-order valence-corrected chi connectivity index (χ1v) is 14.2. The van der Waals surface area contributed by atoms with Gasteiger partial charge in [-0.2, -0.15) is 23.4 Å². The van der Waals surface area contributed by atoms with Crippen molar-refractivity contribution < 1.29 is 23.1 Å². The second-order valence-corrected chi connectivity index (χ2v) is 11.5. The Morgan fingerprint density at radius 2 is 1.88 bits per heavy atom. The largest absolute Gasteiger partial charge is 0.490 e. The van der Waals surface area contributed by atoms with Gasteiger partial charge in [0, 0.05) is 54.7 Å². The van der Waals surface area contributed by atoms with E-state index in [1.54, 1.807) is 17.1 Å². The van der Waals surface area contributed by atoms with Crippen LogP contribution in [0.3, 0.4) is 0 Å². The number of imidazole rings is 1. The number of alkyl halides is 3. The topological polar surface area (TPSA) is 145 Å². The van der Waals surface area contributed by atoms with Crippen molar-refractivity contribution in [1.29, 1.82) is 0 Å². The summed E-state index contributed by atoms with van der Waals surface area (Å²) in [6.45, 7) is 2.71. The first kappa shape index (κ1) is 28.9. The molecular formula is C26H24ClF3N10O2S. The number of aliphatic carboxylic acids is 1. The molecule has 224 valence electrons. The van der Waals surface area contributed by atoms with E-state index in [2.05, 4.69) is 34.1 Å². The summed E-state index contributed by atoms with van der Waals surface area (Å²) in [5, 5.41) is 17.2. The number of nitrogens with two attached hydrogens (primary N) is 1. The summed E-state index contributed by atoms with van der Waals surface area (Å²) in [4.78, 5) is 25.8. The summed E-state index contributed by atoms with van der Waals surface area (Å²) in [5.41, 5.74) is 8.83. The van der Waals surface area contributed by atoms with Gasteiger partial charge >= 0.3 is 12.1 Å². The van der Waals surface area contributed by atoms with Crippen LogP contribution in [0.2, 0.25) is 5.02 Å². The highest BCUT2D eigenvalue weighted by atomic mass is 35.5. The molecule has 5 aromatic rings. The van der Waals surface area contributed by atoms with Gasteiger partial charge in [-0.3, -0.25) is 9.08 Å². The zero-order valence-corrected chi connectivity index (χ0v) is 23.8. The Labute approximate surface area is 251 Å². The van der Waals surface area contributed by atoms with Crippen LogP contribution in [0.5, 0.6) is 0 Å². The van der Waals surface area contributed by atoms with Crippen molar-refractivity contribution in [2.45, 2.75) is 41.5 Å². The van der Waals surface area contributed by atoms with E-state index in [0.29, 0.717) is 10.8 Å². The van der Waals surface area contributed by atoms with Crippen molar-refractivity contribution in [2.75, 3.05) is 18.0 Å². The highest BCUT2D eigenvalue weighted by Crippen LogP contribution is 2.48. The van der Waals surface area contributed by atoms with Gasteiger partial charge < -0.3 is 15.7 Å². The Hall–Kier alpha value is -4.15. The van der Waals surface area contributed by atoms with E-state index in [4.69, 9.17) is 32.2 Å². The number of fused-ring (bicyclic) bond motifs is 2. The fourth-order valence-corrected chi connectivity index (χ4v) is 6.64. The summed E-state index contributed by atoms with van der Waals surface area (Å²) < 4.78 is 37.6. The quantitative estimate of drug-likeness (QED) is 0.295. The number of aromatic nitrogens is 8. The number of pyridine rings is 1. The molecule has 0 unspecified atom stereocenters. The van der Waals surface area contributed by atoms with E-state index in [1.807, 2.05) is 49.3 Å². The average Bonchev–Trinajstić information content (AvgIpc) is 3.79. The molecule has 1 fully saturated rings. The molecule has 0 amide bonds. The number of piperidine rings is 1. The van der Waals surface area contributed by atoms with Crippen molar-refractivity contribution in [3.8, 4) is 5.82 Å². The number of halogens is 4. The number of carbonyl (C=O) groups is 1. The zero-order valence-electron chi connectivity index (χ0n) is 22.3. The second kappa shape index (κ2) is 11.2. The summed E-state index contributed by atoms with van der Waals surface area (Å²) in [5.74, 6) is -1.14. The number of carboxylic acid groups (broad SMARTS) is 1. The maximum Gasteiger partial charge on any atom is 0.490 e. The highest BCUT2D eigenvalue weighted by Gasteiger charge is 2.47. The molecule has 3 N–H and O–H groups in total.